The van der Waals surface area contributed by atoms with E-state index in [1.165, 1.54) is 23.1 Å². The first-order valence-corrected chi connectivity index (χ1v) is 13.5. The molecule has 0 saturated heterocycles. The van der Waals surface area contributed by atoms with Crippen LogP contribution in [0.1, 0.15) is 69.7 Å². The molecule has 5 heteroatoms. The highest BCUT2D eigenvalue weighted by molar-refractivity contribution is 5.82. The van der Waals surface area contributed by atoms with E-state index in [1.54, 1.807) is 0 Å². The molecule has 0 aliphatic heterocycles. The van der Waals surface area contributed by atoms with Gasteiger partial charge in [-0.1, -0.05) is 25.1 Å². The molecule has 35 heavy (non-hydrogen) atoms. The zero-order valence-corrected chi connectivity index (χ0v) is 21.6. The summed E-state index contributed by atoms with van der Waals surface area (Å²) in [5, 5.41) is 25.5. The lowest BCUT2D eigenvalue weighted by molar-refractivity contribution is -0.0389. The van der Waals surface area contributed by atoms with Gasteiger partial charge >= 0.3 is 0 Å². The summed E-state index contributed by atoms with van der Waals surface area (Å²) in [4.78, 5) is 4.45. The maximum absolute atomic E-state index is 12.4. The maximum atomic E-state index is 12.4. The first-order chi connectivity index (χ1) is 16.7. The summed E-state index contributed by atoms with van der Waals surface area (Å²) in [7, 11) is 3.75. The molecule has 0 radical (unpaired) electrons. The summed E-state index contributed by atoms with van der Waals surface area (Å²) in [6.45, 7) is 4.25. The van der Waals surface area contributed by atoms with Crippen LogP contribution in [0, 0.1) is 35.5 Å². The van der Waals surface area contributed by atoms with Gasteiger partial charge in [0.2, 0.25) is 0 Å². The van der Waals surface area contributed by atoms with Crippen LogP contribution in [0.15, 0.2) is 40.3 Å². The van der Waals surface area contributed by atoms with E-state index < -0.39 is 5.60 Å². The van der Waals surface area contributed by atoms with Crippen molar-refractivity contribution < 1.29 is 14.6 Å². The van der Waals surface area contributed by atoms with E-state index in [-0.39, 0.29) is 22.9 Å². The SMILES string of the molecule is CNC.Cc1nc2ccc(C3=CCC4C3(C)CC=C3C5CC56CC(O)CCC6CC[C@@]34O)cc2o1. The fourth-order valence-electron chi connectivity index (χ4n) is 8.64. The van der Waals surface area contributed by atoms with Crippen molar-refractivity contribution in [3.63, 3.8) is 0 Å². The fraction of sp³-hybridized carbons (Fsp3) is 0.633. The zero-order chi connectivity index (χ0) is 24.6. The summed E-state index contributed by atoms with van der Waals surface area (Å²) in [5.74, 6) is 2.07. The second-order valence-corrected chi connectivity index (χ2v) is 12.2. The smallest absolute Gasteiger partial charge is 0.192 e. The Morgan fingerprint density at radius 1 is 1.11 bits per heavy atom. The molecular weight excluding hydrogens is 436 g/mol. The van der Waals surface area contributed by atoms with Crippen molar-refractivity contribution in [3.8, 4) is 0 Å². The number of aromatic nitrogens is 1. The van der Waals surface area contributed by atoms with Gasteiger partial charge in [-0.15, -0.1) is 0 Å². The Morgan fingerprint density at radius 3 is 2.71 bits per heavy atom. The molecule has 1 spiro atoms. The third kappa shape index (κ3) is 3.34. The molecule has 1 aromatic carbocycles. The molecule has 1 heterocycles. The topological polar surface area (TPSA) is 78.5 Å². The van der Waals surface area contributed by atoms with Gasteiger partial charge < -0.3 is 19.9 Å². The molecule has 188 valence electrons. The van der Waals surface area contributed by atoms with Crippen LogP contribution in [0.5, 0.6) is 0 Å². The number of hydrogen-bond donors (Lipinski definition) is 3. The summed E-state index contributed by atoms with van der Waals surface area (Å²) < 4.78 is 5.82. The lowest BCUT2D eigenvalue weighted by atomic mass is 9.58. The number of benzene rings is 1. The molecule has 3 fully saturated rings. The van der Waals surface area contributed by atoms with Gasteiger partial charge in [0.25, 0.3) is 0 Å². The highest BCUT2D eigenvalue weighted by Crippen LogP contribution is 2.74. The summed E-state index contributed by atoms with van der Waals surface area (Å²) in [6, 6.07) is 6.37. The van der Waals surface area contributed by atoms with E-state index in [0.29, 0.717) is 17.7 Å². The lowest BCUT2D eigenvalue weighted by Crippen LogP contribution is -2.49. The predicted octanol–water partition coefficient (Wildman–Crippen LogP) is 5.40. The van der Waals surface area contributed by atoms with Crippen molar-refractivity contribution in [1.29, 1.82) is 0 Å². The second kappa shape index (κ2) is 8.03. The van der Waals surface area contributed by atoms with Gasteiger partial charge in [-0.25, -0.2) is 4.98 Å². The molecule has 7 atom stereocenters. The van der Waals surface area contributed by atoms with Crippen molar-refractivity contribution in [2.45, 2.75) is 76.9 Å². The zero-order valence-electron chi connectivity index (χ0n) is 21.6. The second-order valence-electron chi connectivity index (χ2n) is 12.2. The molecule has 0 amide bonds. The number of rotatable bonds is 1. The van der Waals surface area contributed by atoms with Gasteiger partial charge in [-0.05, 0) is 112 Å². The lowest BCUT2D eigenvalue weighted by Gasteiger charge is -2.49. The van der Waals surface area contributed by atoms with Crippen LogP contribution in [0.4, 0.5) is 0 Å². The molecule has 7 rings (SSSR count). The van der Waals surface area contributed by atoms with Crippen LogP contribution in [0.25, 0.3) is 16.7 Å². The molecule has 3 saturated carbocycles. The van der Waals surface area contributed by atoms with Crippen molar-refractivity contribution >= 4 is 16.7 Å². The average molecular weight is 477 g/mol. The van der Waals surface area contributed by atoms with Crippen LogP contribution < -0.4 is 5.32 Å². The molecule has 6 unspecified atom stereocenters. The summed E-state index contributed by atoms with van der Waals surface area (Å²) in [5.41, 5.74) is 5.11. The minimum Gasteiger partial charge on any atom is -0.441 e. The van der Waals surface area contributed by atoms with E-state index in [1.807, 2.05) is 21.0 Å². The number of fused-ring (bicyclic) bond motifs is 5. The molecule has 1 aromatic heterocycles. The van der Waals surface area contributed by atoms with Gasteiger partial charge in [0.1, 0.15) is 5.52 Å². The molecule has 3 N–H and O–H groups in total. The van der Waals surface area contributed by atoms with Crippen molar-refractivity contribution in [2.24, 2.45) is 28.6 Å². The van der Waals surface area contributed by atoms with E-state index in [2.05, 4.69) is 47.6 Å². The van der Waals surface area contributed by atoms with Gasteiger partial charge in [-0.2, -0.15) is 0 Å². The number of hydrogen-bond acceptors (Lipinski definition) is 5. The van der Waals surface area contributed by atoms with E-state index in [4.69, 9.17) is 4.42 Å². The molecule has 5 nitrogen and oxygen atoms in total. The van der Waals surface area contributed by atoms with Gasteiger partial charge in [0, 0.05) is 18.3 Å². The Labute approximate surface area is 208 Å². The van der Waals surface area contributed by atoms with Crippen LogP contribution in [0.2, 0.25) is 0 Å². The number of aryl methyl sites for hydroxylation is 1. The Kier molecular flexibility index (Phi) is 5.38. The van der Waals surface area contributed by atoms with Gasteiger partial charge in [0.05, 0.1) is 11.7 Å². The largest absolute Gasteiger partial charge is 0.441 e. The van der Waals surface area contributed by atoms with Crippen LogP contribution in [-0.2, 0) is 0 Å². The summed E-state index contributed by atoms with van der Waals surface area (Å²) in [6.07, 6.45) is 12.7. The van der Waals surface area contributed by atoms with Crippen molar-refractivity contribution in [3.05, 3.63) is 47.4 Å². The molecular formula is C30H40N2O3. The van der Waals surface area contributed by atoms with E-state index in [9.17, 15) is 10.2 Å². The Morgan fingerprint density at radius 2 is 1.91 bits per heavy atom. The third-order valence-electron chi connectivity index (χ3n) is 10.2. The average Bonchev–Trinajstić information content (AvgIpc) is 3.19. The number of aliphatic hydroxyl groups is 2. The van der Waals surface area contributed by atoms with E-state index in [0.717, 1.165) is 56.0 Å². The van der Waals surface area contributed by atoms with Crippen LogP contribution in [-0.4, -0.2) is 41.0 Å². The van der Waals surface area contributed by atoms with Crippen LogP contribution in [0.3, 0.4) is 0 Å². The number of nitrogens with zero attached hydrogens (tertiary/aromatic N) is 1. The van der Waals surface area contributed by atoms with Crippen LogP contribution >= 0.6 is 0 Å². The van der Waals surface area contributed by atoms with Crippen molar-refractivity contribution in [1.82, 2.24) is 10.3 Å². The van der Waals surface area contributed by atoms with Gasteiger partial charge in [-0.3, -0.25) is 0 Å². The first kappa shape index (κ1) is 23.4. The quantitative estimate of drug-likeness (QED) is 0.480. The highest BCUT2D eigenvalue weighted by atomic mass is 16.3. The maximum Gasteiger partial charge on any atom is 0.192 e. The molecule has 2 aromatic rings. The predicted molar refractivity (Wildman–Crippen MR) is 139 cm³/mol. The molecule has 5 aliphatic rings. The summed E-state index contributed by atoms with van der Waals surface area (Å²) >= 11 is 0. The standard InChI is InChI=1S/C28H33NO3.C2H7N/c1-16-29-23-7-3-17(13-24(23)32-16)20-6-8-25-26(20,2)11-10-21-22-15-27(22)14-19(30)5-4-18(27)9-12-28(21,25)31;1-3-2/h3,6-7,10,13,18-19,22,25,30-31H,4-5,8-9,11-12,14-15H2,1-2H3;3H,1-2H3/t18?,19?,22?,25?,26?,27?,28-;/m1./s1. The monoisotopic (exact) mass is 476 g/mol. The number of allylic oxidation sites excluding steroid dienone is 3. The number of nitrogens with one attached hydrogen (secondary N) is 1. The molecule has 0 bridgehead atoms. The Hall–Kier alpha value is -1.95. The van der Waals surface area contributed by atoms with Gasteiger partial charge in [0.15, 0.2) is 11.5 Å². The fourth-order valence-corrected chi connectivity index (χ4v) is 8.64. The third-order valence-corrected chi connectivity index (χ3v) is 10.2. The number of aliphatic hydroxyl groups excluding tert-OH is 1. The van der Waals surface area contributed by atoms with Crippen molar-refractivity contribution in [2.75, 3.05) is 14.1 Å². The Bertz CT molecular complexity index is 1210. The highest BCUT2D eigenvalue weighted by Gasteiger charge is 2.68. The number of oxazole rings is 1. The first-order valence-electron chi connectivity index (χ1n) is 13.5. The normalized spacial score (nSPS) is 41.3. The Balaban J connectivity index is 0.000000727. The van der Waals surface area contributed by atoms with E-state index >= 15 is 0 Å². The minimum absolute atomic E-state index is 0.0714. The molecule has 5 aliphatic carbocycles. The minimum atomic E-state index is -0.714.